The Morgan fingerprint density at radius 1 is 1.02 bits per heavy atom. The molecule has 1 aliphatic heterocycles. The van der Waals surface area contributed by atoms with Gasteiger partial charge in [-0.3, -0.25) is 4.79 Å². The van der Waals surface area contributed by atoms with Crippen molar-refractivity contribution in [1.29, 1.82) is 0 Å². The number of ether oxygens (including phenoxy) is 1. The van der Waals surface area contributed by atoms with Crippen LogP contribution in [0.5, 0.6) is 5.75 Å². The van der Waals surface area contributed by atoms with E-state index in [9.17, 15) is 9.90 Å². The van der Waals surface area contributed by atoms with Crippen LogP contribution < -0.4 is 15.4 Å². The molecule has 1 aliphatic rings. The van der Waals surface area contributed by atoms with Crippen molar-refractivity contribution in [1.82, 2.24) is 30.4 Å². The summed E-state index contributed by atoms with van der Waals surface area (Å²) in [6.45, 7) is 0.958. The highest BCUT2D eigenvalue weighted by Crippen LogP contribution is 2.26. The SMILES string of the molecule is COc1ccc(Cn2c(CCc3ccccc3)nnc2[C@@H](Cc2c[nH]c3ccccc23)NC(=O)C2CC(O)CN2)cc1. The fourth-order valence-corrected chi connectivity index (χ4v) is 5.69. The van der Waals surface area contributed by atoms with E-state index in [1.165, 1.54) is 5.56 Å². The molecule has 5 aromatic rings. The van der Waals surface area contributed by atoms with Gasteiger partial charge in [-0.1, -0.05) is 60.7 Å². The molecule has 42 heavy (non-hydrogen) atoms. The van der Waals surface area contributed by atoms with Crippen LogP contribution in [0.25, 0.3) is 10.9 Å². The van der Waals surface area contributed by atoms with E-state index >= 15 is 0 Å². The van der Waals surface area contributed by atoms with Gasteiger partial charge in [0.25, 0.3) is 0 Å². The third-order valence-corrected chi connectivity index (χ3v) is 7.99. The fraction of sp³-hybridized carbons (Fsp3) is 0.303. The molecule has 9 nitrogen and oxygen atoms in total. The Morgan fingerprint density at radius 3 is 2.57 bits per heavy atom. The summed E-state index contributed by atoms with van der Waals surface area (Å²) in [6.07, 6.45) is 3.91. The van der Waals surface area contributed by atoms with Crippen LogP contribution in [0, 0.1) is 0 Å². The number of para-hydroxylation sites is 1. The van der Waals surface area contributed by atoms with Gasteiger partial charge >= 0.3 is 0 Å². The molecule has 1 saturated heterocycles. The van der Waals surface area contributed by atoms with E-state index in [0.717, 1.165) is 40.0 Å². The lowest BCUT2D eigenvalue weighted by Crippen LogP contribution is -2.43. The van der Waals surface area contributed by atoms with Crippen LogP contribution in [-0.2, 0) is 30.6 Å². The number of fused-ring (bicyclic) bond motifs is 1. The highest BCUT2D eigenvalue weighted by Gasteiger charge is 2.32. The fourth-order valence-electron chi connectivity index (χ4n) is 5.69. The number of carbonyl (C=O) groups excluding carboxylic acids is 1. The quantitative estimate of drug-likeness (QED) is 0.194. The van der Waals surface area contributed by atoms with E-state index in [-0.39, 0.29) is 5.91 Å². The number of benzene rings is 3. The third-order valence-electron chi connectivity index (χ3n) is 7.99. The van der Waals surface area contributed by atoms with E-state index < -0.39 is 18.2 Å². The maximum atomic E-state index is 13.5. The number of aliphatic hydroxyl groups excluding tert-OH is 1. The lowest BCUT2D eigenvalue weighted by Gasteiger charge is -2.22. The zero-order valence-corrected chi connectivity index (χ0v) is 23.7. The maximum Gasteiger partial charge on any atom is 0.237 e. The number of aliphatic hydroxyl groups is 1. The maximum absolute atomic E-state index is 13.5. The third kappa shape index (κ3) is 6.22. The normalized spacial score (nSPS) is 17.4. The molecule has 9 heteroatoms. The van der Waals surface area contributed by atoms with Crippen molar-refractivity contribution in [2.45, 2.75) is 50.4 Å². The predicted octanol–water partition coefficient (Wildman–Crippen LogP) is 3.72. The van der Waals surface area contributed by atoms with Crippen LogP contribution in [0.15, 0.2) is 85.1 Å². The Hall–Kier alpha value is -4.47. The molecule has 216 valence electrons. The van der Waals surface area contributed by atoms with Crippen LogP contribution in [0.1, 0.15) is 40.8 Å². The first-order valence-electron chi connectivity index (χ1n) is 14.4. The summed E-state index contributed by atoms with van der Waals surface area (Å²) >= 11 is 0. The first-order valence-corrected chi connectivity index (χ1v) is 14.4. The van der Waals surface area contributed by atoms with Gasteiger partial charge in [0.1, 0.15) is 11.6 Å². The van der Waals surface area contributed by atoms with Crippen molar-refractivity contribution in [2.75, 3.05) is 13.7 Å². The molecule has 3 atom stereocenters. The molecule has 0 saturated carbocycles. The number of rotatable bonds is 11. The van der Waals surface area contributed by atoms with E-state index in [0.29, 0.717) is 38.2 Å². The Morgan fingerprint density at radius 2 is 1.81 bits per heavy atom. The summed E-state index contributed by atoms with van der Waals surface area (Å²) in [5.41, 5.74) is 4.43. The standard InChI is InChI=1S/C33H36N6O3/c1-42-26-14-11-23(12-15-26)21-39-31(16-13-22-7-3-2-4-8-22)37-38-32(39)29(36-33(41)30-18-25(40)20-35-30)17-24-19-34-28-10-6-5-9-27(24)28/h2-12,14-15,19,25,29-30,34-35,40H,13,16-18,20-21H2,1H3,(H,36,41)/t25?,29-,30?/m1/s1. The largest absolute Gasteiger partial charge is 0.497 e. The van der Waals surface area contributed by atoms with Crippen molar-refractivity contribution in [3.05, 3.63) is 113 Å². The van der Waals surface area contributed by atoms with Crippen LogP contribution in [-0.4, -0.2) is 56.6 Å². The molecule has 0 aliphatic carbocycles. The summed E-state index contributed by atoms with van der Waals surface area (Å²) < 4.78 is 7.51. The molecular formula is C33H36N6O3. The van der Waals surface area contributed by atoms with Gasteiger partial charge in [-0.25, -0.2) is 0 Å². The summed E-state index contributed by atoms with van der Waals surface area (Å²) in [7, 11) is 1.66. The lowest BCUT2D eigenvalue weighted by atomic mass is 10.0. The zero-order valence-electron chi connectivity index (χ0n) is 23.7. The number of H-pyrrole nitrogens is 1. The first kappa shape index (κ1) is 27.7. The van der Waals surface area contributed by atoms with E-state index in [4.69, 9.17) is 9.84 Å². The monoisotopic (exact) mass is 564 g/mol. The molecule has 3 heterocycles. The number of aromatic amines is 1. The molecule has 6 rings (SSSR count). The van der Waals surface area contributed by atoms with Gasteiger partial charge in [0.05, 0.1) is 31.8 Å². The number of nitrogens with zero attached hydrogens (tertiary/aromatic N) is 3. The molecule has 4 N–H and O–H groups in total. The first-order chi connectivity index (χ1) is 20.6. The van der Waals surface area contributed by atoms with Gasteiger partial charge in [-0.2, -0.15) is 0 Å². The zero-order chi connectivity index (χ0) is 28.9. The van der Waals surface area contributed by atoms with Crippen LogP contribution in [0.4, 0.5) is 0 Å². The highest BCUT2D eigenvalue weighted by molar-refractivity contribution is 5.84. The number of carbonyl (C=O) groups is 1. The minimum absolute atomic E-state index is 0.152. The van der Waals surface area contributed by atoms with Crippen LogP contribution in [0.3, 0.4) is 0 Å². The molecule has 0 spiro atoms. The summed E-state index contributed by atoms with van der Waals surface area (Å²) in [5.74, 6) is 2.20. The molecule has 1 amide bonds. The van der Waals surface area contributed by atoms with Gasteiger partial charge in [0.2, 0.25) is 5.91 Å². The van der Waals surface area contributed by atoms with Crippen molar-refractivity contribution in [3.63, 3.8) is 0 Å². The predicted molar refractivity (Wildman–Crippen MR) is 161 cm³/mol. The molecule has 0 bridgehead atoms. The number of β-amino-alcohol motifs (C(OH)–C–C–N with tert-alkyl or cyclic N) is 1. The average Bonchev–Trinajstić information content (AvgIpc) is 3.75. The van der Waals surface area contributed by atoms with Crippen LogP contribution >= 0.6 is 0 Å². The molecule has 2 aromatic heterocycles. The van der Waals surface area contributed by atoms with Crippen molar-refractivity contribution < 1.29 is 14.6 Å². The van der Waals surface area contributed by atoms with Crippen LogP contribution in [0.2, 0.25) is 0 Å². The number of methoxy groups -OCH3 is 1. The Kier molecular flexibility index (Phi) is 8.30. The van der Waals surface area contributed by atoms with Gasteiger partial charge < -0.3 is 30.0 Å². The topological polar surface area (TPSA) is 117 Å². The Balaban J connectivity index is 1.36. The van der Waals surface area contributed by atoms with Gasteiger partial charge in [-0.15, -0.1) is 10.2 Å². The molecule has 3 aromatic carbocycles. The number of hydrogen-bond acceptors (Lipinski definition) is 6. The Bertz CT molecular complexity index is 1630. The van der Waals surface area contributed by atoms with Crippen molar-refractivity contribution >= 4 is 16.8 Å². The lowest BCUT2D eigenvalue weighted by molar-refractivity contribution is -0.123. The summed E-state index contributed by atoms with van der Waals surface area (Å²) in [4.78, 5) is 16.8. The number of aryl methyl sites for hydroxylation is 2. The second-order valence-corrected chi connectivity index (χ2v) is 10.9. The highest BCUT2D eigenvalue weighted by atomic mass is 16.5. The number of amides is 1. The minimum Gasteiger partial charge on any atom is -0.497 e. The second kappa shape index (κ2) is 12.6. The minimum atomic E-state index is -0.531. The molecule has 1 fully saturated rings. The molecule has 0 radical (unpaired) electrons. The Labute approximate surface area is 244 Å². The van der Waals surface area contributed by atoms with Crippen molar-refractivity contribution in [2.24, 2.45) is 0 Å². The molecule has 2 unspecified atom stereocenters. The number of nitrogens with one attached hydrogen (secondary N) is 3. The van der Waals surface area contributed by atoms with Gasteiger partial charge in [0, 0.05) is 36.5 Å². The van der Waals surface area contributed by atoms with E-state index in [1.54, 1.807) is 7.11 Å². The van der Waals surface area contributed by atoms with Crippen molar-refractivity contribution in [3.8, 4) is 5.75 Å². The van der Waals surface area contributed by atoms with E-state index in [1.807, 2.05) is 66.9 Å². The van der Waals surface area contributed by atoms with Gasteiger partial charge in [-0.05, 0) is 47.7 Å². The number of hydrogen-bond donors (Lipinski definition) is 4. The smallest absolute Gasteiger partial charge is 0.237 e. The molecular weight excluding hydrogens is 528 g/mol. The second-order valence-electron chi connectivity index (χ2n) is 10.9. The average molecular weight is 565 g/mol. The number of aromatic nitrogens is 4. The van der Waals surface area contributed by atoms with E-state index in [2.05, 4.69) is 43.5 Å². The summed E-state index contributed by atoms with van der Waals surface area (Å²) in [5, 5.41) is 26.9. The van der Waals surface area contributed by atoms with Gasteiger partial charge in [0.15, 0.2) is 5.82 Å². The summed E-state index contributed by atoms with van der Waals surface area (Å²) in [6, 6.07) is 25.6.